The summed E-state index contributed by atoms with van der Waals surface area (Å²) in [6.45, 7) is 2.53. The first kappa shape index (κ1) is 19.6. The van der Waals surface area contributed by atoms with Crippen molar-refractivity contribution >= 4 is 21.6 Å². The number of amides is 1. The van der Waals surface area contributed by atoms with E-state index in [1.807, 2.05) is 6.92 Å². The van der Waals surface area contributed by atoms with Crippen molar-refractivity contribution in [2.24, 2.45) is 5.73 Å². The number of benzene rings is 2. The van der Waals surface area contributed by atoms with Gasteiger partial charge in [0.05, 0.1) is 29.9 Å². The molecule has 8 heteroatoms. The molecule has 2 aromatic carbocycles. The number of nitrogens with two attached hydrogens (primary N) is 1. The Morgan fingerprint density at radius 3 is 2.54 bits per heavy atom. The average Bonchev–Trinajstić information content (AvgIpc) is 2.62. The fourth-order valence-corrected chi connectivity index (χ4v) is 3.35. The second kappa shape index (κ2) is 8.57. The molecule has 0 aliphatic carbocycles. The summed E-state index contributed by atoms with van der Waals surface area (Å²) >= 11 is 0. The molecule has 0 saturated heterocycles. The largest absolute Gasteiger partial charge is 0.496 e. The Morgan fingerprint density at radius 1 is 1.15 bits per heavy atom. The fraction of sp³-hybridized carbons (Fsp3) is 0.278. The number of ether oxygens (including phenoxy) is 2. The van der Waals surface area contributed by atoms with Crippen LogP contribution in [0.5, 0.6) is 11.5 Å². The van der Waals surface area contributed by atoms with E-state index < -0.39 is 15.9 Å². The summed E-state index contributed by atoms with van der Waals surface area (Å²) in [5, 5.41) is 0. The van der Waals surface area contributed by atoms with E-state index in [1.165, 1.54) is 25.3 Å². The average molecular weight is 378 g/mol. The van der Waals surface area contributed by atoms with Gasteiger partial charge in [-0.25, -0.2) is 8.42 Å². The van der Waals surface area contributed by atoms with Gasteiger partial charge in [-0.1, -0.05) is 25.5 Å². The zero-order valence-corrected chi connectivity index (χ0v) is 15.5. The van der Waals surface area contributed by atoms with Crippen molar-refractivity contribution < 1.29 is 22.7 Å². The first-order valence-electron chi connectivity index (χ1n) is 8.11. The maximum absolute atomic E-state index is 12.7. The second-order valence-electron chi connectivity index (χ2n) is 5.53. The number of carbonyl (C=O) groups excluding carboxylic acids is 1. The zero-order valence-electron chi connectivity index (χ0n) is 14.7. The van der Waals surface area contributed by atoms with E-state index in [2.05, 4.69) is 4.72 Å². The Bertz CT molecular complexity index is 881. The van der Waals surface area contributed by atoms with Crippen molar-refractivity contribution in [3.63, 3.8) is 0 Å². The number of primary amides is 1. The summed E-state index contributed by atoms with van der Waals surface area (Å²) in [7, 11) is -2.57. The van der Waals surface area contributed by atoms with Gasteiger partial charge in [0.1, 0.15) is 11.5 Å². The van der Waals surface area contributed by atoms with Crippen molar-refractivity contribution in [3.8, 4) is 11.5 Å². The molecule has 3 N–H and O–H groups in total. The number of sulfonamides is 1. The van der Waals surface area contributed by atoms with Gasteiger partial charge >= 0.3 is 0 Å². The van der Waals surface area contributed by atoms with Crippen LogP contribution in [0.25, 0.3) is 0 Å². The molecule has 0 saturated carbocycles. The number of anilines is 1. The summed E-state index contributed by atoms with van der Waals surface area (Å²) in [5.41, 5.74) is 5.60. The van der Waals surface area contributed by atoms with Gasteiger partial charge in [0, 0.05) is 0 Å². The number of para-hydroxylation sites is 2. The molecule has 26 heavy (non-hydrogen) atoms. The summed E-state index contributed by atoms with van der Waals surface area (Å²) in [5.74, 6) is -0.130. The Labute approximate surface area is 153 Å². The summed E-state index contributed by atoms with van der Waals surface area (Å²) in [6, 6.07) is 10.7. The maximum atomic E-state index is 12.7. The lowest BCUT2D eigenvalue weighted by atomic mass is 10.2. The summed E-state index contributed by atoms with van der Waals surface area (Å²) < 4.78 is 38.6. The van der Waals surface area contributed by atoms with E-state index in [0.29, 0.717) is 18.0 Å². The van der Waals surface area contributed by atoms with E-state index in [9.17, 15) is 13.2 Å². The van der Waals surface area contributed by atoms with E-state index >= 15 is 0 Å². The van der Waals surface area contributed by atoms with Gasteiger partial charge in [0.15, 0.2) is 0 Å². The van der Waals surface area contributed by atoms with Crippen LogP contribution in [0.15, 0.2) is 47.4 Å². The topological polar surface area (TPSA) is 108 Å². The van der Waals surface area contributed by atoms with Gasteiger partial charge in [-0.15, -0.1) is 0 Å². The molecule has 0 fully saturated rings. The van der Waals surface area contributed by atoms with Crippen molar-refractivity contribution in [1.82, 2.24) is 0 Å². The van der Waals surface area contributed by atoms with E-state index in [0.717, 1.165) is 12.8 Å². The van der Waals surface area contributed by atoms with Gasteiger partial charge in [-0.2, -0.15) is 0 Å². The predicted molar refractivity (Wildman–Crippen MR) is 99.2 cm³/mol. The normalized spacial score (nSPS) is 11.0. The van der Waals surface area contributed by atoms with Crippen LogP contribution < -0.4 is 19.9 Å². The molecule has 0 heterocycles. The Morgan fingerprint density at radius 2 is 1.88 bits per heavy atom. The number of rotatable bonds is 9. The number of hydrogen-bond donors (Lipinski definition) is 2. The minimum absolute atomic E-state index is 0.0112. The minimum Gasteiger partial charge on any atom is -0.496 e. The lowest BCUT2D eigenvalue weighted by Crippen LogP contribution is -2.17. The SMILES string of the molecule is CCCCOc1ccccc1NS(=O)(=O)c1ccc(OC)c(C(N)=O)c1. The molecular formula is C18H22N2O5S. The van der Waals surface area contributed by atoms with E-state index in [-0.39, 0.29) is 16.2 Å². The van der Waals surface area contributed by atoms with Crippen molar-refractivity contribution in [2.75, 3.05) is 18.4 Å². The Balaban J connectivity index is 2.32. The van der Waals surface area contributed by atoms with Crippen molar-refractivity contribution in [1.29, 1.82) is 0 Å². The van der Waals surface area contributed by atoms with Crippen LogP contribution in [0.2, 0.25) is 0 Å². The summed E-state index contributed by atoms with van der Waals surface area (Å²) in [4.78, 5) is 11.4. The Kier molecular flexibility index (Phi) is 6.46. The minimum atomic E-state index is -3.94. The molecule has 2 rings (SSSR count). The molecule has 7 nitrogen and oxygen atoms in total. The van der Waals surface area contributed by atoms with Gasteiger partial charge in [-0.3, -0.25) is 9.52 Å². The lowest BCUT2D eigenvalue weighted by Gasteiger charge is -2.14. The van der Waals surface area contributed by atoms with Gasteiger partial charge in [0.25, 0.3) is 15.9 Å². The highest BCUT2D eigenvalue weighted by Gasteiger charge is 2.20. The van der Waals surface area contributed by atoms with Gasteiger partial charge < -0.3 is 15.2 Å². The van der Waals surface area contributed by atoms with Crippen LogP contribution in [0, 0.1) is 0 Å². The van der Waals surface area contributed by atoms with Crippen LogP contribution in [-0.2, 0) is 10.0 Å². The highest BCUT2D eigenvalue weighted by Crippen LogP contribution is 2.28. The smallest absolute Gasteiger partial charge is 0.262 e. The molecule has 0 spiro atoms. The molecule has 0 atom stereocenters. The summed E-state index contributed by atoms with van der Waals surface area (Å²) in [6.07, 6.45) is 1.83. The van der Waals surface area contributed by atoms with E-state index in [4.69, 9.17) is 15.2 Å². The quantitative estimate of drug-likeness (QED) is 0.652. The molecule has 0 aliphatic rings. The molecule has 0 radical (unpaired) electrons. The lowest BCUT2D eigenvalue weighted by molar-refractivity contribution is 0.0997. The van der Waals surface area contributed by atoms with Crippen LogP contribution in [-0.4, -0.2) is 28.0 Å². The van der Waals surface area contributed by atoms with Crippen LogP contribution in [0.4, 0.5) is 5.69 Å². The first-order chi connectivity index (χ1) is 12.4. The van der Waals surface area contributed by atoms with Crippen LogP contribution >= 0.6 is 0 Å². The Hall–Kier alpha value is -2.74. The molecule has 140 valence electrons. The van der Waals surface area contributed by atoms with Crippen LogP contribution in [0.1, 0.15) is 30.1 Å². The number of methoxy groups -OCH3 is 1. The molecule has 0 bridgehead atoms. The van der Waals surface area contributed by atoms with Gasteiger partial charge in [-0.05, 0) is 36.8 Å². The predicted octanol–water partition coefficient (Wildman–Crippen LogP) is 2.77. The number of nitrogens with one attached hydrogen (secondary N) is 1. The molecule has 0 aromatic heterocycles. The highest BCUT2D eigenvalue weighted by molar-refractivity contribution is 7.92. The molecule has 0 aliphatic heterocycles. The van der Waals surface area contributed by atoms with Gasteiger partial charge in [0.2, 0.25) is 0 Å². The zero-order chi connectivity index (χ0) is 19.2. The molecular weight excluding hydrogens is 356 g/mol. The fourth-order valence-electron chi connectivity index (χ4n) is 2.25. The first-order valence-corrected chi connectivity index (χ1v) is 9.60. The third-order valence-electron chi connectivity index (χ3n) is 3.63. The number of hydrogen-bond acceptors (Lipinski definition) is 5. The molecule has 2 aromatic rings. The standard InChI is InChI=1S/C18H22N2O5S/c1-3-4-11-25-17-8-6-5-7-15(17)20-26(22,23)13-9-10-16(24-2)14(12-13)18(19)21/h5-10,12,20H,3-4,11H2,1-2H3,(H2,19,21). The second-order valence-corrected chi connectivity index (χ2v) is 7.21. The van der Waals surface area contributed by atoms with Crippen molar-refractivity contribution in [2.45, 2.75) is 24.7 Å². The third kappa shape index (κ3) is 4.66. The number of unbranched alkanes of at least 4 members (excludes halogenated alkanes) is 1. The highest BCUT2D eigenvalue weighted by atomic mass is 32.2. The molecule has 1 amide bonds. The van der Waals surface area contributed by atoms with E-state index in [1.54, 1.807) is 24.3 Å². The van der Waals surface area contributed by atoms with Crippen molar-refractivity contribution in [3.05, 3.63) is 48.0 Å². The molecule has 0 unspecified atom stereocenters. The maximum Gasteiger partial charge on any atom is 0.262 e. The number of carbonyl (C=O) groups is 1. The van der Waals surface area contributed by atoms with Crippen LogP contribution in [0.3, 0.4) is 0 Å². The third-order valence-corrected chi connectivity index (χ3v) is 5.00. The monoisotopic (exact) mass is 378 g/mol.